The first kappa shape index (κ1) is 7.47. The summed E-state index contributed by atoms with van der Waals surface area (Å²) in [6, 6.07) is 0. The van der Waals surface area contributed by atoms with Crippen molar-refractivity contribution in [3.8, 4) is 0 Å². The van der Waals surface area contributed by atoms with Crippen molar-refractivity contribution in [1.82, 2.24) is 0 Å². The van der Waals surface area contributed by atoms with Crippen molar-refractivity contribution in [3.05, 3.63) is 12.3 Å². The molecule has 0 aliphatic rings. The predicted molar refractivity (Wildman–Crippen MR) is 31.3 cm³/mol. The van der Waals surface area contributed by atoms with Gasteiger partial charge in [-0.25, -0.2) is 4.39 Å². The molecule has 0 saturated carbocycles. The lowest BCUT2D eigenvalue weighted by Gasteiger charge is -2.03. The van der Waals surface area contributed by atoms with Crippen LogP contribution in [0.15, 0.2) is 12.3 Å². The Hall–Kier alpha value is -0.530. The monoisotopic (exact) mass is 118 g/mol. The molecule has 0 radical (unpaired) electrons. The van der Waals surface area contributed by atoms with E-state index in [1.807, 2.05) is 0 Å². The molecule has 0 aromatic rings. The number of rotatable bonds is 3. The fraction of sp³-hybridized carbons (Fsp3) is 0.667. The Morgan fingerprint density at radius 2 is 2.38 bits per heavy atom. The number of halogens is 1. The average Bonchev–Trinajstić information content (AvgIpc) is 1.61. The van der Waals surface area contributed by atoms with Gasteiger partial charge in [0.25, 0.3) is 0 Å². The number of allylic oxidation sites excluding steroid dienone is 1. The SMILES string of the molecule is C=C(C)OCC(C)F. The number of alkyl halides is 1. The van der Waals surface area contributed by atoms with E-state index < -0.39 is 6.17 Å². The lowest BCUT2D eigenvalue weighted by atomic mass is 10.5. The van der Waals surface area contributed by atoms with Crippen LogP contribution < -0.4 is 0 Å². The van der Waals surface area contributed by atoms with Gasteiger partial charge in [-0.2, -0.15) is 0 Å². The summed E-state index contributed by atoms with van der Waals surface area (Å²) in [5.74, 6) is 0.564. The van der Waals surface area contributed by atoms with Crippen molar-refractivity contribution < 1.29 is 9.13 Å². The van der Waals surface area contributed by atoms with E-state index in [0.717, 1.165) is 0 Å². The van der Waals surface area contributed by atoms with E-state index in [-0.39, 0.29) is 6.61 Å². The summed E-state index contributed by atoms with van der Waals surface area (Å²) in [6.07, 6.45) is -0.897. The molecule has 1 nitrogen and oxygen atoms in total. The van der Waals surface area contributed by atoms with E-state index in [4.69, 9.17) is 4.74 Å². The molecule has 0 bridgehead atoms. The van der Waals surface area contributed by atoms with Crippen molar-refractivity contribution in [2.45, 2.75) is 20.0 Å². The lowest BCUT2D eigenvalue weighted by Crippen LogP contribution is -2.03. The predicted octanol–water partition coefficient (Wildman–Crippen LogP) is 1.89. The van der Waals surface area contributed by atoms with Crippen LogP contribution >= 0.6 is 0 Å². The Morgan fingerprint density at radius 1 is 1.88 bits per heavy atom. The molecule has 0 aromatic heterocycles. The van der Waals surface area contributed by atoms with E-state index in [9.17, 15) is 4.39 Å². The molecule has 8 heavy (non-hydrogen) atoms. The molecule has 0 aromatic carbocycles. The van der Waals surface area contributed by atoms with E-state index in [1.54, 1.807) is 6.92 Å². The first-order valence-electron chi connectivity index (χ1n) is 2.55. The fourth-order valence-electron chi connectivity index (χ4n) is 0.257. The Labute approximate surface area is 49.2 Å². The van der Waals surface area contributed by atoms with Crippen molar-refractivity contribution in [1.29, 1.82) is 0 Å². The number of hydrogen-bond acceptors (Lipinski definition) is 1. The summed E-state index contributed by atoms with van der Waals surface area (Å²) < 4.78 is 16.6. The van der Waals surface area contributed by atoms with Crippen LogP contribution in [0.3, 0.4) is 0 Å². The smallest absolute Gasteiger partial charge is 0.131 e. The third-order valence-corrected chi connectivity index (χ3v) is 0.559. The minimum atomic E-state index is -0.897. The summed E-state index contributed by atoms with van der Waals surface area (Å²) in [5, 5.41) is 0. The Kier molecular flexibility index (Phi) is 3.24. The molecule has 48 valence electrons. The minimum absolute atomic E-state index is 0.120. The van der Waals surface area contributed by atoms with Crippen molar-refractivity contribution in [3.63, 3.8) is 0 Å². The van der Waals surface area contributed by atoms with Crippen LogP contribution in [0.25, 0.3) is 0 Å². The average molecular weight is 118 g/mol. The van der Waals surface area contributed by atoms with E-state index in [2.05, 4.69) is 6.58 Å². The normalized spacial score (nSPS) is 12.9. The maximum Gasteiger partial charge on any atom is 0.131 e. The highest BCUT2D eigenvalue weighted by atomic mass is 19.1. The Bertz CT molecular complexity index is 78.6. The zero-order chi connectivity index (χ0) is 6.57. The summed E-state index contributed by atoms with van der Waals surface area (Å²) in [6.45, 7) is 6.70. The summed E-state index contributed by atoms with van der Waals surface area (Å²) in [5.41, 5.74) is 0. The summed E-state index contributed by atoms with van der Waals surface area (Å²) >= 11 is 0. The lowest BCUT2D eigenvalue weighted by molar-refractivity contribution is 0.146. The first-order valence-corrected chi connectivity index (χ1v) is 2.55. The molecule has 1 atom stereocenters. The van der Waals surface area contributed by atoms with Crippen LogP contribution in [-0.4, -0.2) is 12.8 Å². The zero-order valence-corrected chi connectivity index (χ0v) is 5.28. The van der Waals surface area contributed by atoms with Crippen LogP contribution in [0.2, 0.25) is 0 Å². The number of ether oxygens (including phenoxy) is 1. The topological polar surface area (TPSA) is 9.23 Å². The van der Waals surface area contributed by atoms with Crippen LogP contribution in [0.5, 0.6) is 0 Å². The highest BCUT2D eigenvalue weighted by Gasteiger charge is 1.95. The van der Waals surface area contributed by atoms with Gasteiger partial charge in [0.15, 0.2) is 0 Å². The molecule has 0 fully saturated rings. The quantitative estimate of drug-likeness (QED) is 0.514. The molecule has 0 saturated heterocycles. The molecule has 0 N–H and O–H groups in total. The molecule has 0 heterocycles. The van der Waals surface area contributed by atoms with Crippen molar-refractivity contribution in [2.75, 3.05) is 6.61 Å². The van der Waals surface area contributed by atoms with Gasteiger partial charge in [0.1, 0.15) is 12.8 Å². The van der Waals surface area contributed by atoms with E-state index in [0.29, 0.717) is 5.76 Å². The zero-order valence-electron chi connectivity index (χ0n) is 5.28. The van der Waals surface area contributed by atoms with Gasteiger partial charge in [0.2, 0.25) is 0 Å². The van der Waals surface area contributed by atoms with Gasteiger partial charge in [0.05, 0.1) is 5.76 Å². The highest BCUT2D eigenvalue weighted by Crippen LogP contribution is 1.94. The van der Waals surface area contributed by atoms with Gasteiger partial charge in [0, 0.05) is 0 Å². The second-order valence-electron chi connectivity index (χ2n) is 1.79. The van der Waals surface area contributed by atoms with Gasteiger partial charge in [-0.1, -0.05) is 6.58 Å². The van der Waals surface area contributed by atoms with Crippen LogP contribution in [-0.2, 0) is 4.74 Å². The van der Waals surface area contributed by atoms with Crippen LogP contribution in [0.4, 0.5) is 4.39 Å². The molecule has 0 amide bonds. The summed E-state index contributed by atoms with van der Waals surface area (Å²) in [4.78, 5) is 0. The van der Waals surface area contributed by atoms with Gasteiger partial charge in [-0.3, -0.25) is 0 Å². The first-order chi connectivity index (χ1) is 3.63. The van der Waals surface area contributed by atoms with Gasteiger partial charge < -0.3 is 4.74 Å². The maximum atomic E-state index is 11.9. The molecule has 0 spiro atoms. The standard InChI is InChI=1S/C6H11FO/c1-5(2)8-4-6(3)7/h6H,1,4H2,2-3H3. The molecule has 1 unspecified atom stereocenters. The molecular weight excluding hydrogens is 107 g/mol. The minimum Gasteiger partial charge on any atom is -0.496 e. The second kappa shape index (κ2) is 3.47. The van der Waals surface area contributed by atoms with Crippen molar-refractivity contribution in [2.24, 2.45) is 0 Å². The molecule has 0 rings (SSSR count). The van der Waals surface area contributed by atoms with Gasteiger partial charge in [-0.05, 0) is 13.8 Å². The van der Waals surface area contributed by atoms with Gasteiger partial charge in [-0.15, -0.1) is 0 Å². The van der Waals surface area contributed by atoms with Gasteiger partial charge >= 0.3 is 0 Å². The Morgan fingerprint density at radius 3 is 2.50 bits per heavy atom. The largest absolute Gasteiger partial charge is 0.496 e. The molecular formula is C6H11FO. The number of hydrogen-bond donors (Lipinski definition) is 0. The maximum absolute atomic E-state index is 11.9. The third-order valence-electron chi connectivity index (χ3n) is 0.559. The molecule has 2 heteroatoms. The van der Waals surface area contributed by atoms with E-state index >= 15 is 0 Å². The molecule has 0 aliphatic heterocycles. The highest BCUT2D eigenvalue weighted by molar-refractivity contribution is 4.73. The van der Waals surface area contributed by atoms with Crippen LogP contribution in [0.1, 0.15) is 13.8 Å². The summed E-state index contributed by atoms with van der Waals surface area (Å²) in [7, 11) is 0. The van der Waals surface area contributed by atoms with E-state index in [1.165, 1.54) is 6.92 Å². The second-order valence-corrected chi connectivity index (χ2v) is 1.79. The Balaban J connectivity index is 3.05. The van der Waals surface area contributed by atoms with Crippen molar-refractivity contribution >= 4 is 0 Å². The fourth-order valence-corrected chi connectivity index (χ4v) is 0.257. The van der Waals surface area contributed by atoms with Crippen LogP contribution in [0, 0.1) is 0 Å². The third kappa shape index (κ3) is 5.47. The molecule has 0 aliphatic carbocycles.